The summed E-state index contributed by atoms with van der Waals surface area (Å²) in [5, 5.41) is 12.7. The number of rotatable bonds is 5. The molecule has 0 amide bonds. The Morgan fingerprint density at radius 3 is 2.70 bits per heavy atom. The molecular formula is C19H24N6O2. The van der Waals surface area contributed by atoms with E-state index in [0.29, 0.717) is 18.3 Å². The molecule has 0 atom stereocenters. The molecule has 0 radical (unpaired) electrons. The van der Waals surface area contributed by atoms with Crippen molar-refractivity contribution in [2.45, 2.75) is 39.8 Å². The number of nitrogens with zero attached hydrogens (tertiary/aromatic N) is 6. The Balaban J connectivity index is 1.38. The summed E-state index contributed by atoms with van der Waals surface area (Å²) in [6.07, 6.45) is 5.61. The molecule has 4 rings (SSSR count). The third kappa shape index (κ3) is 3.85. The van der Waals surface area contributed by atoms with E-state index in [1.807, 2.05) is 26.1 Å². The molecule has 0 unspecified atom stereocenters. The maximum Gasteiger partial charge on any atom is 0.266 e. The average molecular weight is 368 g/mol. The molecule has 0 aromatic carbocycles. The van der Waals surface area contributed by atoms with E-state index >= 15 is 0 Å². The molecule has 142 valence electrons. The van der Waals surface area contributed by atoms with Crippen molar-refractivity contribution in [1.29, 1.82) is 0 Å². The monoisotopic (exact) mass is 368 g/mol. The highest BCUT2D eigenvalue weighted by molar-refractivity contribution is 5.20. The molecule has 1 fully saturated rings. The molecule has 1 aliphatic rings. The van der Waals surface area contributed by atoms with Gasteiger partial charge in [-0.25, -0.2) is 9.36 Å². The lowest BCUT2D eigenvalue weighted by Gasteiger charge is -2.31. The van der Waals surface area contributed by atoms with Gasteiger partial charge < -0.3 is 4.52 Å². The zero-order valence-corrected chi connectivity index (χ0v) is 15.7. The third-order valence-electron chi connectivity index (χ3n) is 5.29. The molecule has 3 aromatic rings. The van der Waals surface area contributed by atoms with Gasteiger partial charge in [-0.3, -0.25) is 9.69 Å². The van der Waals surface area contributed by atoms with Crippen LogP contribution in [0, 0.1) is 19.8 Å². The zero-order chi connectivity index (χ0) is 18.8. The SMILES string of the molecule is Cc1noc(C)c1CN1CCC(Cn2nc(-n3cccn3)ccc2=O)CC1. The van der Waals surface area contributed by atoms with Crippen LogP contribution in [0.25, 0.3) is 5.82 Å². The number of aryl methyl sites for hydroxylation is 2. The van der Waals surface area contributed by atoms with E-state index in [1.165, 1.54) is 5.56 Å². The van der Waals surface area contributed by atoms with E-state index in [9.17, 15) is 4.79 Å². The fraction of sp³-hybridized carbons (Fsp3) is 0.474. The Morgan fingerprint density at radius 1 is 1.22 bits per heavy atom. The van der Waals surface area contributed by atoms with Crippen LogP contribution >= 0.6 is 0 Å². The maximum absolute atomic E-state index is 12.2. The molecular weight excluding hydrogens is 344 g/mol. The van der Waals surface area contributed by atoms with Crippen LogP contribution < -0.4 is 5.56 Å². The largest absolute Gasteiger partial charge is 0.361 e. The van der Waals surface area contributed by atoms with E-state index in [4.69, 9.17) is 4.52 Å². The Hall–Kier alpha value is -2.74. The van der Waals surface area contributed by atoms with Gasteiger partial charge in [0.25, 0.3) is 5.56 Å². The number of piperidine rings is 1. The van der Waals surface area contributed by atoms with Gasteiger partial charge in [0, 0.05) is 37.1 Å². The Kier molecular flexibility index (Phi) is 4.89. The van der Waals surface area contributed by atoms with E-state index in [1.54, 1.807) is 27.7 Å². The first kappa shape index (κ1) is 17.7. The predicted molar refractivity (Wildman–Crippen MR) is 99.6 cm³/mol. The van der Waals surface area contributed by atoms with Crippen LogP contribution in [0.2, 0.25) is 0 Å². The maximum atomic E-state index is 12.2. The molecule has 1 saturated heterocycles. The lowest BCUT2D eigenvalue weighted by molar-refractivity contribution is 0.162. The lowest BCUT2D eigenvalue weighted by Crippen LogP contribution is -2.36. The molecule has 4 heterocycles. The van der Waals surface area contributed by atoms with Crippen molar-refractivity contribution in [1.82, 2.24) is 29.6 Å². The number of hydrogen-bond acceptors (Lipinski definition) is 6. The second-order valence-electron chi connectivity index (χ2n) is 7.18. The highest BCUT2D eigenvalue weighted by Crippen LogP contribution is 2.22. The molecule has 0 N–H and O–H groups in total. The van der Waals surface area contributed by atoms with E-state index in [2.05, 4.69) is 20.3 Å². The van der Waals surface area contributed by atoms with Crippen molar-refractivity contribution in [2.75, 3.05) is 13.1 Å². The summed E-state index contributed by atoms with van der Waals surface area (Å²) in [6.45, 7) is 7.48. The molecule has 27 heavy (non-hydrogen) atoms. The van der Waals surface area contributed by atoms with Gasteiger partial charge in [-0.1, -0.05) is 5.16 Å². The van der Waals surface area contributed by atoms with Crippen LogP contribution in [0.5, 0.6) is 0 Å². The topological polar surface area (TPSA) is 82.0 Å². The fourth-order valence-corrected chi connectivity index (χ4v) is 3.62. The van der Waals surface area contributed by atoms with Crippen LogP contribution in [0.15, 0.2) is 39.9 Å². The van der Waals surface area contributed by atoms with Gasteiger partial charge in [0.05, 0.1) is 5.69 Å². The molecule has 8 heteroatoms. The normalized spacial score (nSPS) is 16.1. The summed E-state index contributed by atoms with van der Waals surface area (Å²) in [4.78, 5) is 14.6. The smallest absolute Gasteiger partial charge is 0.266 e. The molecule has 0 spiro atoms. The van der Waals surface area contributed by atoms with E-state index in [0.717, 1.165) is 43.9 Å². The van der Waals surface area contributed by atoms with E-state index < -0.39 is 0 Å². The Labute approximate surface area is 157 Å². The fourth-order valence-electron chi connectivity index (χ4n) is 3.62. The molecule has 3 aromatic heterocycles. The third-order valence-corrected chi connectivity index (χ3v) is 5.29. The number of likely N-dealkylation sites (tertiary alicyclic amines) is 1. The van der Waals surface area contributed by atoms with E-state index in [-0.39, 0.29) is 5.56 Å². The first-order chi connectivity index (χ1) is 13.1. The van der Waals surface area contributed by atoms with Crippen molar-refractivity contribution in [2.24, 2.45) is 5.92 Å². The molecule has 1 aliphatic heterocycles. The summed E-state index contributed by atoms with van der Waals surface area (Å²) in [5.41, 5.74) is 2.10. The molecule has 0 aliphatic carbocycles. The van der Waals surface area contributed by atoms with Crippen molar-refractivity contribution >= 4 is 0 Å². The summed E-state index contributed by atoms with van der Waals surface area (Å²) in [6, 6.07) is 5.11. The molecule has 0 saturated carbocycles. The standard InChI is InChI=1S/C19H24N6O2/c1-14-17(15(2)27-22-14)13-23-10-6-16(7-11-23)12-25-19(26)5-4-18(21-25)24-9-3-8-20-24/h3-5,8-9,16H,6-7,10-13H2,1-2H3. The first-order valence-corrected chi connectivity index (χ1v) is 9.32. The van der Waals surface area contributed by atoms with Gasteiger partial charge in [0.15, 0.2) is 5.82 Å². The van der Waals surface area contributed by atoms with Gasteiger partial charge in [0.1, 0.15) is 5.76 Å². The quantitative estimate of drug-likeness (QED) is 0.685. The minimum atomic E-state index is -0.0657. The van der Waals surface area contributed by atoms with Gasteiger partial charge in [-0.05, 0) is 57.8 Å². The van der Waals surface area contributed by atoms with Crippen molar-refractivity contribution < 1.29 is 4.52 Å². The second kappa shape index (κ2) is 7.48. The van der Waals surface area contributed by atoms with Gasteiger partial charge in [0.2, 0.25) is 0 Å². The molecule has 0 bridgehead atoms. The van der Waals surface area contributed by atoms with Crippen molar-refractivity contribution in [3.8, 4) is 5.82 Å². The first-order valence-electron chi connectivity index (χ1n) is 9.32. The highest BCUT2D eigenvalue weighted by atomic mass is 16.5. The minimum absolute atomic E-state index is 0.0657. The van der Waals surface area contributed by atoms with Gasteiger partial charge in [-0.2, -0.15) is 5.10 Å². The number of aromatic nitrogens is 5. The van der Waals surface area contributed by atoms with Gasteiger partial charge >= 0.3 is 0 Å². The van der Waals surface area contributed by atoms with Crippen LogP contribution in [0.1, 0.15) is 29.9 Å². The predicted octanol–water partition coefficient (Wildman–Crippen LogP) is 1.95. The minimum Gasteiger partial charge on any atom is -0.361 e. The Bertz CT molecular complexity index is 931. The summed E-state index contributed by atoms with van der Waals surface area (Å²) in [7, 11) is 0. The lowest BCUT2D eigenvalue weighted by atomic mass is 9.96. The summed E-state index contributed by atoms with van der Waals surface area (Å²) in [5.74, 6) is 2.01. The van der Waals surface area contributed by atoms with Crippen LogP contribution in [0.3, 0.4) is 0 Å². The van der Waals surface area contributed by atoms with Crippen molar-refractivity contribution in [3.63, 3.8) is 0 Å². The highest BCUT2D eigenvalue weighted by Gasteiger charge is 2.22. The molecule has 8 nitrogen and oxygen atoms in total. The van der Waals surface area contributed by atoms with Crippen molar-refractivity contribution in [3.05, 3.63) is 58.0 Å². The summed E-state index contributed by atoms with van der Waals surface area (Å²) < 4.78 is 8.51. The number of hydrogen-bond donors (Lipinski definition) is 0. The average Bonchev–Trinajstić information content (AvgIpc) is 3.31. The second-order valence-corrected chi connectivity index (χ2v) is 7.18. The zero-order valence-electron chi connectivity index (χ0n) is 15.7. The Morgan fingerprint density at radius 2 is 2.04 bits per heavy atom. The van der Waals surface area contributed by atoms with Gasteiger partial charge in [-0.15, -0.1) is 5.10 Å². The van der Waals surface area contributed by atoms with Crippen LogP contribution in [-0.4, -0.2) is 42.7 Å². The van der Waals surface area contributed by atoms with Crippen LogP contribution in [0.4, 0.5) is 0 Å². The van der Waals surface area contributed by atoms with Crippen LogP contribution in [-0.2, 0) is 13.1 Å². The summed E-state index contributed by atoms with van der Waals surface area (Å²) >= 11 is 0.